The van der Waals surface area contributed by atoms with Crippen LogP contribution in [0.25, 0.3) is 26.1 Å². The van der Waals surface area contributed by atoms with Crippen LogP contribution in [0.2, 0.25) is 0 Å². The molecule has 0 radical (unpaired) electrons. The zero-order chi connectivity index (χ0) is 18.3. The van der Waals surface area contributed by atoms with Crippen LogP contribution in [0.1, 0.15) is 19.4 Å². The number of fused-ring (bicyclic) bond motifs is 3. The molecule has 132 valence electrons. The molecule has 0 amide bonds. The third kappa shape index (κ3) is 2.86. The van der Waals surface area contributed by atoms with Crippen molar-refractivity contribution in [3.63, 3.8) is 0 Å². The van der Waals surface area contributed by atoms with Gasteiger partial charge in [-0.2, -0.15) is 0 Å². The van der Waals surface area contributed by atoms with Crippen LogP contribution in [0.5, 0.6) is 0 Å². The molecule has 1 N–H and O–H groups in total. The predicted molar refractivity (Wildman–Crippen MR) is 109 cm³/mol. The van der Waals surface area contributed by atoms with Crippen LogP contribution in [0.4, 0.5) is 5.69 Å². The lowest BCUT2D eigenvalue weighted by Crippen LogP contribution is -2.17. The normalized spacial score (nSPS) is 11.5. The third-order valence-corrected chi connectivity index (χ3v) is 5.37. The van der Waals surface area contributed by atoms with Gasteiger partial charge in [0, 0.05) is 18.4 Å². The van der Waals surface area contributed by atoms with Crippen LogP contribution < -0.4 is 10.9 Å². The van der Waals surface area contributed by atoms with Gasteiger partial charge in [-0.15, -0.1) is 11.3 Å². The summed E-state index contributed by atoms with van der Waals surface area (Å²) in [5.41, 5.74) is 3.62. The number of anilines is 1. The molecule has 4 rings (SSSR count). The molecule has 6 heteroatoms. The van der Waals surface area contributed by atoms with Crippen molar-refractivity contribution in [1.82, 2.24) is 14.5 Å². The first-order valence-corrected chi connectivity index (χ1v) is 9.46. The number of benzene rings is 1. The van der Waals surface area contributed by atoms with E-state index in [0.29, 0.717) is 10.6 Å². The van der Waals surface area contributed by atoms with Crippen molar-refractivity contribution >= 4 is 37.5 Å². The largest absolute Gasteiger partial charge is 0.384 e. The molecule has 1 aromatic carbocycles. The number of aryl methyl sites for hydroxylation is 1. The standard InChI is InChI=1S/C20H20N4OS/c1-12(2)10-22-15-8-9-21-19-16(15)17-18(26-19)20(25)24(11-23-17)14-6-4-13(3)5-7-14/h4-9,11-12H,10H2,1-3H3,(H,21,22). The first-order chi connectivity index (χ1) is 12.5. The molecule has 0 aliphatic heterocycles. The van der Waals surface area contributed by atoms with E-state index < -0.39 is 0 Å². The summed E-state index contributed by atoms with van der Waals surface area (Å²) < 4.78 is 2.23. The predicted octanol–water partition coefficient (Wildman–Crippen LogP) is 4.37. The van der Waals surface area contributed by atoms with Gasteiger partial charge in [0.05, 0.1) is 16.6 Å². The molecule has 3 heterocycles. The number of hydrogen-bond donors (Lipinski definition) is 1. The van der Waals surface area contributed by atoms with E-state index in [0.717, 1.165) is 39.2 Å². The van der Waals surface area contributed by atoms with Crippen molar-refractivity contribution < 1.29 is 0 Å². The fourth-order valence-electron chi connectivity index (χ4n) is 2.90. The zero-order valence-corrected chi connectivity index (χ0v) is 15.8. The van der Waals surface area contributed by atoms with Gasteiger partial charge in [-0.25, -0.2) is 9.97 Å². The average Bonchev–Trinajstić information content (AvgIpc) is 3.01. The molecule has 0 fully saturated rings. The molecule has 5 nitrogen and oxygen atoms in total. The lowest BCUT2D eigenvalue weighted by Gasteiger charge is -2.10. The van der Waals surface area contributed by atoms with Crippen molar-refractivity contribution in [3.05, 3.63) is 58.8 Å². The fourth-order valence-corrected chi connectivity index (χ4v) is 3.96. The Labute approximate surface area is 155 Å². The number of nitrogens with zero attached hydrogens (tertiary/aromatic N) is 3. The van der Waals surface area contributed by atoms with Crippen LogP contribution in [-0.2, 0) is 0 Å². The van der Waals surface area contributed by atoms with Gasteiger partial charge < -0.3 is 5.32 Å². The summed E-state index contributed by atoms with van der Waals surface area (Å²) in [7, 11) is 0. The Hall–Kier alpha value is -2.73. The van der Waals surface area contributed by atoms with Crippen LogP contribution >= 0.6 is 11.3 Å². The SMILES string of the molecule is Cc1ccc(-n2cnc3c(sc4nccc(NCC(C)C)c43)c2=O)cc1. The zero-order valence-electron chi connectivity index (χ0n) is 15.0. The number of nitrogens with one attached hydrogen (secondary N) is 1. The van der Waals surface area contributed by atoms with Crippen LogP contribution in [0.3, 0.4) is 0 Å². The summed E-state index contributed by atoms with van der Waals surface area (Å²) in [4.78, 5) is 22.9. The van der Waals surface area contributed by atoms with E-state index in [9.17, 15) is 4.79 Å². The number of hydrogen-bond acceptors (Lipinski definition) is 5. The van der Waals surface area contributed by atoms with Crippen molar-refractivity contribution in [2.75, 3.05) is 11.9 Å². The van der Waals surface area contributed by atoms with Crippen molar-refractivity contribution in [3.8, 4) is 5.69 Å². The number of aromatic nitrogens is 3. The summed E-state index contributed by atoms with van der Waals surface area (Å²) in [6, 6.07) is 9.81. The lowest BCUT2D eigenvalue weighted by atomic mass is 10.2. The van der Waals surface area contributed by atoms with E-state index in [1.54, 1.807) is 17.1 Å². The number of pyridine rings is 1. The summed E-state index contributed by atoms with van der Waals surface area (Å²) in [5.74, 6) is 0.523. The minimum absolute atomic E-state index is 0.0586. The maximum absolute atomic E-state index is 13.0. The monoisotopic (exact) mass is 364 g/mol. The summed E-state index contributed by atoms with van der Waals surface area (Å²) in [6.07, 6.45) is 3.39. The van der Waals surface area contributed by atoms with Crippen molar-refractivity contribution in [1.29, 1.82) is 0 Å². The minimum Gasteiger partial charge on any atom is -0.384 e. The molecule has 0 saturated heterocycles. The van der Waals surface area contributed by atoms with Gasteiger partial charge in [-0.05, 0) is 31.0 Å². The Morgan fingerprint density at radius 3 is 2.65 bits per heavy atom. The second kappa shape index (κ2) is 6.53. The van der Waals surface area contributed by atoms with Crippen molar-refractivity contribution in [2.24, 2.45) is 5.92 Å². The van der Waals surface area contributed by atoms with Gasteiger partial charge in [0.15, 0.2) is 0 Å². The molecule has 26 heavy (non-hydrogen) atoms. The van der Waals surface area contributed by atoms with E-state index in [4.69, 9.17) is 0 Å². The first-order valence-electron chi connectivity index (χ1n) is 8.64. The highest BCUT2D eigenvalue weighted by molar-refractivity contribution is 7.25. The molecule has 0 bridgehead atoms. The van der Waals surface area contributed by atoms with E-state index in [2.05, 4.69) is 29.1 Å². The fraction of sp³-hybridized carbons (Fsp3) is 0.250. The Kier molecular flexibility index (Phi) is 4.20. The molecule has 0 saturated carbocycles. The first kappa shape index (κ1) is 16.7. The van der Waals surface area contributed by atoms with E-state index in [1.165, 1.54) is 11.3 Å². The van der Waals surface area contributed by atoms with Crippen LogP contribution in [-0.4, -0.2) is 21.1 Å². The van der Waals surface area contributed by atoms with Crippen LogP contribution in [0, 0.1) is 12.8 Å². The van der Waals surface area contributed by atoms with Gasteiger partial charge >= 0.3 is 0 Å². The quantitative estimate of drug-likeness (QED) is 0.584. The molecule has 0 atom stereocenters. The maximum atomic E-state index is 13.0. The molecular formula is C20H20N4OS. The Balaban J connectivity index is 1.91. The molecule has 4 aromatic rings. The Bertz CT molecular complexity index is 1140. The van der Waals surface area contributed by atoms with Gasteiger partial charge in [0.2, 0.25) is 0 Å². The van der Waals surface area contributed by atoms with Crippen molar-refractivity contribution in [2.45, 2.75) is 20.8 Å². The summed E-state index contributed by atoms with van der Waals surface area (Å²) in [6.45, 7) is 7.21. The average molecular weight is 364 g/mol. The molecule has 0 spiro atoms. The van der Waals surface area contributed by atoms with E-state index >= 15 is 0 Å². The molecule has 0 aliphatic carbocycles. The van der Waals surface area contributed by atoms with Gasteiger partial charge in [0.25, 0.3) is 5.56 Å². The summed E-state index contributed by atoms with van der Waals surface area (Å²) >= 11 is 1.40. The second-order valence-electron chi connectivity index (χ2n) is 6.85. The molecular weight excluding hydrogens is 344 g/mol. The minimum atomic E-state index is -0.0586. The molecule has 0 aliphatic rings. The van der Waals surface area contributed by atoms with Gasteiger partial charge in [0.1, 0.15) is 15.9 Å². The maximum Gasteiger partial charge on any atom is 0.275 e. The number of thiophene rings is 1. The van der Waals surface area contributed by atoms with E-state index in [1.807, 2.05) is 37.3 Å². The second-order valence-corrected chi connectivity index (χ2v) is 7.85. The topological polar surface area (TPSA) is 59.8 Å². The Morgan fingerprint density at radius 1 is 1.15 bits per heavy atom. The molecule has 3 aromatic heterocycles. The molecule has 0 unspecified atom stereocenters. The number of rotatable bonds is 4. The van der Waals surface area contributed by atoms with Gasteiger partial charge in [-0.1, -0.05) is 31.5 Å². The Morgan fingerprint density at radius 2 is 1.92 bits per heavy atom. The highest BCUT2D eigenvalue weighted by Gasteiger charge is 2.16. The highest BCUT2D eigenvalue weighted by atomic mass is 32.1. The highest BCUT2D eigenvalue weighted by Crippen LogP contribution is 2.34. The van der Waals surface area contributed by atoms with Gasteiger partial charge in [-0.3, -0.25) is 9.36 Å². The smallest absolute Gasteiger partial charge is 0.275 e. The van der Waals surface area contributed by atoms with Crippen LogP contribution in [0.15, 0.2) is 47.7 Å². The van der Waals surface area contributed by atoms with E-state index in [-0.39, 0.29) is 5.56 Å². The lowest BCUT2D eigenvalue weighted by molar-refractivity contribution is 0.689. The summed E-state index contributed by atoms with van der Waals surface area (Å²) in [5, 5.41) is 4.39. The third-order valence-electron chi connectivity index (χ3n) is 4.30.